The zero-order chi connectivity index (χ0) is 12.8. The lowest BCUT2D eigenvalue weighted by Crippen LogP contribution is -2.39. The molecule has 0 spiro atoms. The lowest BCUT2D eigenvalue weighted by Gasteiger charge is -2.49. The van der Waals surface area contributed by atoms with Crippen molar-refractivity contribution in [3.8, 4) is 0 Å². The SMILES string of the molecule is CCCC(CC)(C1CCCCC1)C1CCCCC1. The summed E-state index contributed by atoms with van der Waals surface area (Å²) in [5, 5.41) is 0. The molecule has 0 aromatic carbocycles. The van der Waals surface area contributed by atoms with Crippen LogP contribution in [0.2, 0.25) is 0 Å². The topological polar surface area (TPSA) is 0 Å². The van der Waals surface area contributed by atoms with Crippen molar-refractivity contribution in [2.45, 2.75) is 97.3 Å². The Hall–Kier alpha value is 0. The zero-order valence-corrected chi connectivity index (χ0v) is 12.8. The molecule has 0 aliphatic heterocycles. The fourth-order valence-corrected chi connectivity index (χ4v) is 5.32. The smallest absolute Gasteiger partial charge is 0.0244 e. The molecule has 18 heavy (non-hydrogen) atoms. The molecule has 2 aliphatic rings. The van der Waals surface area contributed by atoms with E-state index in [1.165, 1.54) is 57.8 Å². The lowest BCUT2D eigenvalue weighted by atomic mass is 9.56. The predicted octanol–water partition coefficient (Wildman–Crippen LogP) is 6.34. The molecular formula is C18H34. The van der Waals surface area contributed by atoms with Crippen LogP contribution in [0, 0.1) is 17.3 Å². The molecule has 0 aromatic heterocycles. The van der Waals surface area contributed by atoms with Crippen LogP contribution < -0.4 is 0 Å². The van der Waals surface area contributed by atoms with Crippen LogP contribution in [-0.4, -0.2) is 0 Å². The van der Waals surface area contributed by atoms with Crippen molar-refractivity contribution in [2.24, 2.45) is 17.3 Å². The van der Waals surface area contributed by atoms with Gasteiger partial charge in [0.15, 0.2) is 0 Å². The van der Waals surface area contributed by atoms with Crippen LogP contribution in [0.25, 0.3) is 0 Å². The lowest BCUT2D eigenvalue weighted by molar-refractivity contribution is 0.00863. The fourth-order valence-electron chi connectivity index (χ4n) is 5.32. The maximum absolute atomic E-state index is 2.50. The van der Waals surface area contributed by atoms with Crippen LogP contribution in [0.15, 0.2) is 0 Å². The summed E-state index contributed by atoms with van der Waals surface area (Å²) in [6, 6.07) is 0. The molecule has 0 bridgehead atoms. The third kappa shape index (κ3) is 2.94. The van der Waals surface area contributed by atoms with E-state index in [4.69, 9.17) is 0 Å². The van der Waals surface area contributed by atoms with E-state index in [2.05, 4.69) is 13.8 Å². The molecule has 106 valence electrons. The Morgan fingerprint density at radius 2 is 1.17 bits per heavy atom. The van der Waals surface area contributed by atoms with Gasteiger partial charge in [0, 0.05) is 0 Å². The Labute approximate surface area is 115 Å². The van der Waals surface area contributed by atoms with Gasteiger partial charge in [-0.25, -0.2) is 0 Å². The highest BCUT2D eigenvalue weighted by atomic mass is 14.5. The van der Waals surface area contributed by atoms with Crippen molar-refractivity contribution in [1.82, 2.24) is 0 Å². The third-order valence-corrected chi connectivity index (χ3v) is 6.21. The second kappa shape index (κ2) is 6.96. The molecule has 0 heterocycles. The highest BCUT2D eigenvalue weighted by Gasteiger charge is 2.43. The van der Waals surface area contributed by atoms with Crippen molar-refractivity contribution in [3.05, 3.63) is 0 Å². The van der Waals surface area contributed by atoms with Crippen LogP contribution in [0.5, 0.6) is 0 Å². The van der Waals surface area contributed by atoms with Crippen molar-refractivity contribution < 1.29 is 0 Å². The summed E-state index contributed by atoms with van der Waals surface area (Å²) >= 11 is 0. The second-order valence-corrected chi connectivity index (χ2v) is 7.01. The third-order valence-electron chi connectivity index (χ3n) is 6.21. The Kier molecular flexibility index (Phi) is 5.57. The minimum Gasteiger partial charge on any atom is -0.0654 e. The Morgan fingerprint density at radius 1 is 0.722 bits per heavy atom. The second-order valence-electron chi connectivity index (χ2n) is 7.01. The maximum atomic E-state index is 2.50. The molecule has 0 N–H and O–H groups in total. The van der Waals surface area contributed by atoms with E-state index in [0.717, 1.165) is 17.3 Å². The molecule has 2 rings (SSSR count). The number of rotatable bonds is 5. The summed E-state index contributed by atoms with van der Waals surface area (Å²) in [7, 11) is 0. The molecule has 2 aliphatic carbocycles. The van der Waals surface area contributed by atoms with E-state index >= 15 is 0 Å². The van der Waals surface area contributed by atoms with Gasteiger partial charge in [-0.2, -0.15) is 0 Å². The molecule has 0 unspecified atom stereocenters. The monoisotopic (exact) mass is 250 g/mol. The van der Waals surface area contributed by atoms with Crippen molar-refractivity contribution >= 4 is 0 Å². The van der Waals surface area contributed by atoms with E-state index in [1.54, 1.807) is 25.7 Å². The van der Waals surface area contributed by atoms with E-state index in [9.17, 15) is 0 Å². The number of hydrogen-bond acceptors (Lipinski definition) is 0. The van der Waals surface area contributed by atoms with Crippen LogP contribution >= 0.6 is 0 Å². The van der Waals surface area contributed by atoms with Gasteiger partial charge >= 0.3 is 0 Å². The fraction of sp³-hybridized carbons (Fsp3) is 1.00. The summed E-state index contributed by atoms with van der Waals surface area (Å²) in [4.78, 5) is 0. The predicted molar refractivity (Wildman–Crippen MR) is 80.8 cm³/mol. The highest BCUT2D eigenvalue weighted by molar-refractivity contribution is 4.93. The largest absolute Gasteiger partial charge is 0.0654 e. The highest BCUT2D eigenvalue weighted by Crippen LogP contribution is 2.53. The van der Waals surface area contributed by atoms with Gasteiger partial charge < -0.3 is 0 Å². The summed E-state index contributed by atoms with van der Waals surface area (Å²) in [5.74, 6) is 2.14. The first-order chi connectivity index (χ1) is 8.83. The van der Waals surface area contributed by atoms with Gasteiger partial charge in [-0.3, -0.25) is 0 Å². The quantitative estimate of drug-likeness (QED) is 0.534. The molecule has 0 atom stereocenters. The number of hydrogen-bond donors (Lipinski definition) is 0. The zero-order valence-electron chi connectivity index (χ0n) is 12.8. The average molecular weight is 250 g/mol. The minimum atomic E-state index is 0.732. The van der Waals surface area contributed by atoms with Gasteiger partial charge in [-0.05, 0) is 55.8 Å². The summed E-state index contributed by atoms with van der Waals surface area (Å²) in [6.07, 6.45) is 19.6. The van der Waals surface area contributed by atoms with Gasteiger partial charge in [-0.15, -0.1) is 0 Å². The standard InChI is InChI=1S/C18H34/c1-3-15-18(4-2,16-11-7-5-8-12-16)17-13-9-6-10-14-17/h16-17H,3-15H2,1-2H3. The normalized spacial score (nSPS) is 24.3. The van der Waals surface area contributed by atoms with Gasteiger partial charge in [-0.1, -0.05) is 58.8 Å². The van der Waals surface area contributed by atoms with E-state index in [1.807, 2.05) is 0 Å². The van der Waals surface area contributed by atoms with Crippen molar-refractivity contribution in [3.63, 3.8) is 0 Å². The molecule has 0 radical (unpaired) electrons. The molecule has 2 saturated carbocycles. The Morgan fingerprint density at radius 3 is 1.50 bits per heavy atom. The van der Waals surface area contributed by atoms with Gasteiger partial charge in [0.2, 0.25) is 0 Å². The molecule has 0 saturated heterocycles. The molecule has 0 nitrogen and oxygen atoms in total. The maximum Gasteiger partial charge on any atom is -0.0244 e. The van der Waals surface area contributed by atoms with Gasteiger partial charge in [0.25, 0.3) is 0 Å². The molecular weight excluding hydrogens is 216 g/mol. The van der Waals surface area contributed by atoms with Crippen molar-refractivity contribution in [2.75, 3.05) is 0 Å². The molecule has 2 fully saturated rings. The van der Waals surface area contributed by atoms with Crippen LogP contribution in [-0.2, 0) is 0 Å². The van der Waals surface area contributed by atoms with Crippen LogP contribution in [0.3, 0.4) is 0 Å². The first kappa shape index (κ1) is 14.4. The molecule has 0 aromatic rings. The minimum absolute atomic E-state index is 0.732. The van der Waals surface area contributed by atoms with Crippen molar-refractivity contribution in [1.29, 1.82) is 0 Å². The average Bonchev–Trinajstić information content (AvgIpc) is 2.47. The van der Waals surface area contributed by atoms with Crippen LogP contribution in [0.4, 0.5) is 0 Å². The molecule has 0 amide bonds. The summed E-state index contributed by atoms with van der Waals surface area (Å²) in [6.45, 7) is 4.91. The van der Waals surface area contributed by atoms with E-state index in [0.29, 0.717) is 0 Å². The van der Waals surface area contributed by atoms with E-state index < -0.39 is 0 Å². The summed E-state index contributed by atoms with van der Waals surface area (Å²) < 4.78 is 0. The first-order valence-corrected chi connectivity index (χ1v) is 8.83. The Bertz CT molecular complexity index is 200. The summed E-state index contributed by atoms with van der Waals surface area (Å²) in [5.41, 5.74) is 0.732. The van der Waals surface area contributed by atoms with Gasteiger partial charge in [0.05, 0.1) is 0 Å². The van der Waals surface area contributed by atoms with Crippen LogP contribution in [0.1, 0.15) is 97.3 Å². The van der Waals surface area contributed by atoms with Gasteiger partial charge in [0.1, 0.15) is 0 Å². The molecule has 0 heteroatoms. The Balaban J connectivity index is 2.13. The first-order valence-electron chi connectivity index (χ1n) is 8.83. The van der Waals surface area contributed by atoms with E-state index in [-0.39, 0.29) is 0 Å².